The summed E-state index contributed by atoms with van der Waals surface area (Å²) in [5.41, 5.74) is 3.68. The van der Waals surface area contributed by atoms with Crippen molar-refractivity contribution in [1.29, 1.82) is 0 Å². The van der Waals surface area contributed by atoms with Gasteiger partial charge in [0, 0.05) is 35.8 Å². The first-order valence-corrected chi connectivity index (χ1v) is 11.3. The summed E-state index contributed by atoms with van der Waals surface area (Å²) in [7, 11) is 1.93. The molecule has 1 aliphatic rings. The summed E-state index contributed by atoms with van der Waals surface area (Å²) in [6.07, 6.45) is 3.56. The quantitative estimate of drug-likeness (QED) is 0.562. The molecule has 0 atom stereocenters. The van der Waals surface area contributed by atoms with E-state index >= 15 is 0 Å². The number of benzene rings is 2. The van der Waals surface area contributed by atoms with E-state index in [1.807, 2.05) is 55.9 Å². The molecule has 0 bridgehead atoms. The van der Waals surface area contributed by atoms with Crippen molar-refractivity contribution in [2.75, 3.05) is 4.90 Å². The topological polar surface area (TPSA) is 54.3 Å². The van der Waals surface area contributed by atoms with E-state index in [0.29, 0.717) is 23.4 Å². The van der Waals surface area contributed by atoms with E-state index in [9.17, 15) is 14.0 Å². The highest BCUT2D eigenvalue weighted by molar-refractivity contribution is 6.09. The Labute approximate surface area is 194 Å². The van der Waals surface area contributed by atoms with E-state index < -0.39 is 5.41 Å². The van der Waals surface area contributed by atoms with Gasteiger partial charge in [-0.3, -0.25) is 9.59 Å². The van der Waals surface area contributed by atoms with Crippen molar-refractivity contribution in [2.45, 2.75) is 52.1 Å². The molecule has 0 aliphatic carbocycles. The van der Waals surface area contributed by atoms with E-state index in [4.69, 9.17) is 0 Å². The van der Waals surface area contributed by atoms with Gasteiger partial charge in [-0.2, -0.15) is 0 Å². The number of aryl methyl sites for hydroxylation is 2. The summed E-state index contributed by atoms with van der Waals surface area (Å²) in [5, 5.41) is 2.94. The normalized spacial score (nSPS) is 14.5. The predicted octanol–water partition coefficient (Wildman–Crippen LogP) is 4.87. The van der Waals surface area contributed by atoms with Crippen LogP contribution >= 0.6 is 0 Å². The fraction of sp³-hybridized carbons (Fsp3) is 0.333. The number of aromatic nitrogens is 1. The highest BCUT2D eigenvalue weighted by atomic mass is 19.1. The van der Waals surface area contributed by atoms with Crippen LogP contribution in [-0.4, -0.2) is 16.4 Å². The van der Waals surface area contributed by atoms with Crippen LogP contribution in [0.1, 0.15) is 59.9 Å². The molecule has 172 valence electrons. The highest BCUT2D eigenvalue weighted by Crippen LogP contribution is 2.43. The zero-order chi connectivity index (χ0) is 23.8. The molecule has 1 aliphatic heterocycles. The summed E-state index contributed by atoms with van der Waals surface area (Å²) in [4.78, 5) is 27.9. The number of nitrogens with one attached hydrogen (secondary N) is 1. The maximum Gasteiger partial charge on any atom is 0.251 e. The zero-order valence-electron chi connectivity index (χ0n) is 19.6. The smallest absolute Gasteiger partial charge is 0.251 e. The third kappa shape index (κ3) is 4.17. The molecule has 4 rings (SSSR count). The van der Waals surface area contributed by atoms with Crippen LogP contribution in [0.15, 0.2) is 54.7 Å². The lowest BCUT2D eigenvalue weighted by Crippen LogP contribution is -2.36. The second-order valence-corrected chi connectivity index (χ2v) is 9.17. The minimum Gasteiger partial charge on any atom is -0.353 e. The number of hydrogen-bond donors (Lipinski definition) is 1. The third-order valence-electron chi connectivity index (χ3n) is 6.54. The van der Waals surface area contributed by atoms with Crippen LogP contribution in [0.4, 0.5) is 10.1 Å². The first-order chi connectivity index (χ1) is 15.7. The van der Waals surface area contributed by atoms with Crippen molar-refractivity contribution < 1.29 is 14.0 Å². The SMILES string of the molecule is CCCc1cccc(F)c1CN1C(=O)C(C)(C)c2ccc(C(=O)NCc3cccn3C)cc21. The largest absolute Gasteiger partial charge is 0.353 e. The summed E-state index contributed by atoms with van der Waals surface area (Å²) in [5.74, 6) is -0.616. The standard InChI is InChI=1S/C27H30FN3O2/c1-5-8-18-9-6-11-23(28)21(18)17-31-24-15-19(12-13-22(24)27(2,3)26(31)33)25(32)29-16-20-10-7-14-30(20)4/h6-7,9-15H,5,8,16-17H2,1-4H3,(H,29,32). The number of nitrogens with zero attached hydrogens (tertiary/aromatic N) is 2. The lowest BCUT2D eigenvalue weighted by Gasteiger charge is -2.22. The Morgan fingerprint density at radius 1 is 1.12 bits per heavy atom. The van der Waals surface area contributed by atoms with E-state index in [2.05, 4.69) is 12.2 Å². The maximum absolute atomic E-state index is 14.8. The lowest BCUT2D eigenvalue weighted by atomic mass is 9.86. The third-order valence-corrected chi connectivity index (χ3v) is 6.54. The average molecular weight is 448 g/mol. The van der Waals surface area contributed by atoms with Gasteiger partial charge in [0.15, 0.2) is 0 Å². The number of carbonyl (C=O) groups excluding carboxylic acids is 2. The molecule has 0 saturated carbocycles. The van der Waals surface area contributed by atoms with Crippen LogP contribution in [0.25, 0.3) is 0 Å². The lowest BCUT2D eigenvalue weighted by molar-refractivity contribution is -0.122. The maximum atomic E-state index is 14.8. The van der Waals surface area contributed by atoms with Gasteiger partial charge in [0.05, 0.1) is 18.5 Å². The number of anilines is 1. The summed E-state index contributed by atoms with van der Waals surface area (Å²) >= 11 is 0. The Bertz CT molecular complexity index is 1210. The molecule has 0 spiro atoms. The molecule has 33 heavy (non-hydrogen) atoms. The number of halogens is 1. The first kappa shape index (κ1) is 22.8. The minimum atomic E-state index is -0.746. The number of carbonyl (C=O) groups is 2. The van der Waals surface area contributed by atoms with Gasteiger partial charge < -0.3 is 14.8 Å². The molecule has 0 saturated heterocycles. The Kier molecular flexibility index (Phi) is 6.11. The average Bonchev–Trinajstić information content (AvgIpc) is 3.28. The molecule has 6 heteroatoms. The minimum absolute atomic E-state index is 0.0930. The summed E-state index contributed by atoms with van der Waals surface area (Å²) < 4.78 is 16.7. The molecular formula is C27H30FN3O2. The summed E-state index contributed by atoms with van der Waals surface area (Å²) in [6, 6.07) is 14.3. The van der Waals surface area contributed by atoms with Gasteiger partial charge in [0.1, 0.15) is 5.82 Å². The van der Waals surface area contributed by atoms with Gasteiger partial charge in [-0.05, 0) is 61.7 Å². The molecule has 0 radical (unpaired) electrons. The van der Waals surface area contributed by atoms with Gasteiger partial charge in [-0.15, -0.1) is 0 Å². The second-order valence-electron chi connectivity index (χ2n) is 9.17. The highest BCUT2D eigenvalue weighted by Gasteiger charge is 2.44. The number of rotatable bonds is 7. The Morgan fingerprint density at radius 2 is 1.91 bits per heavy atom. The molecule has 2 amide bonds. The van der Waals surface area contributed by atoms with Crippen molar-refractivity contribution in [3.05, 3.63) is 88.5 Å². The van der Waals surface area contributed by atoms with Crippen molar-refractivity contribution in [3.8, 4) is 0 Å². The van der Waals surface area contributed by atoms with Crippen molar-refractivity contribution >= 4 is 17.5 Å². The molecule has 3 aromatic rings. The van der Waals surface area contributed by atoms with Crippen molar-refractivity contribution in [3.63, 3.8) is 0 Å². The molecule has 0 unspecified atom stereocenters. The van der Waals surface area contributed by atoms with E-state index in [1.165, 1.54) is 6.07 Å². The number of hydrogen-bond acceptors (Lipinski definition) is 2. The second kappa shape index (κ2) is 8.85. The number of amides is 2. The molecule has 2 heterocycles. The van der Waals surface area contributed by atoms with Crippen molar-refractivity contribution in [1.82, 2.24) is 9.88 Å². The van der Waals surface area contributed by atoms with Crippen LogP contribution in [0.5, 0.6) is 0 Å². The molecule has 2 aromatic carbocycles. The van der Waals surface area contributed by atoms with Crippen LogP contribution in [-0.2, 0) is 36.8 Å². The van der Waals surface area contributed by atoms with Crippen LogP contribution in [0.3, 0.4) is 0 Å². The molecule has 5 nitrogen and oxygen atoms in total. The van der Waals surface area contributed by atoms with E-state index in [-0.39, 0.29) is 24.2 Å². The van der Waals surface area contributed by atoms with Crippen molar-refractivity contribution in [2.24, 2.45) is 7.05 Å². The molecule has 0 fully saturated rings. The first-order valence-electron chi connectivity index (χ1n) is 11.3. The van der Waals surface area contributed by atoms with Gasteiger partial charge in [-0.1, -0.05) is 31.5 Å². The van der Waals surface area contributed by atoms with Crippen LogP contribution in [0, 0.1) is 5.82 Å². The Balaban J connectivity index is 1.65. The van der Waals surface area contributed by atoms with Gasteiger partial charge in [0.2, 0.25) is 5.91 Å². The van der Waals surface area contributed by atoms with Crippen LogP contribution in [0.2, 0.25) is 0 Å². The van der Waals surface area contributed by atoms with E-state index in [1.54, 1.807) is 23.1 Å². The van der Waals surface area contributed by atoms with Crippen LogP contribution < -0.4 is 10.2 Å². The van der Waals surface area contributed by atoms with Gasteiger partial charge in [0.25, 0.3) is 5.91 Å². The van der Waals surface area contributed by atoms with Gasteiger partial charge >= 0.3 is 0 Å². The molecular weight excluding hydrogens is 417 g/mol. The summed E-state index contributed by atoms with van der Waals surface area (Å²) in [6.45, 7) is 6.35. The zero-order valence-corrected chi connectivity index (χ0v) is 19.6. The fourth-order valence-electron chi connectivity index (χ4n) is 4.54. The van der Waals surface area contributed by atoms with E-state index in [0.717, 1.165) is 29.7 Å². The Hall–Kier alpha value is -3.41. The predicted molar refractivity (Wildman–Crippen MR) is 128 cm³/mol. The fourth-order valence-corrected chi connectivity index (χ4v) is 4.54. The molecule has 1 N–H and O–H groups in total. The van der Waals surface area contributed by atoms with Gasteiger partial charge in [-0.25, -0.2) is 4.39 Å². The molecule has 1 aromatic heterocycles. The monoisotopic (exact) mass is 447 g/mol. The Morgan fingerprint density at radius 3 is 2.61 bits per heavy atom. The number of fused-ring (bicyclic) bond motifs is 1.